The minimum Gasteiger partial charge on any atom is -0.266 e. The molecule has 1 aromatic carbocycles. The number of hydrogen-bond donors (Lipinski definition) is 0. The van der Waals surface area contributed by atoms with Gasteiger partial charge in [-0.3, -0.25) is 4.79 Å². The summed E-state index contributed by atoms with van der Waals surface area (Å²) in [6, 6.07) is 8.68. The van der Waals surface area contributed by atoms with Gasteiger partial charge in [0.2, 0.25) is 0 Å². The third kappa shape index (κ3) is 2.62. The predicted molar refractivity (Wildman–Crippen MR) is 90.8 cm³/mol. The Balaban J connectivity index is 2.42. The second kappa shape index (κ2) is 5.99. The van der Waals surface area contributed by atoms with Gasteiger partial charge in [0.15, 0.2) is 17.3 Å². The molecule has 0 bridgehead atoms. The molecule has 2 heterocycles. The van der Waals surface area contributed by atoms with Crippen LogP contribution >= 0.6 is 0 Å². The zero-order chi connectivity index (χ0) is 17.4. The number of fused-ring (bicyclic) bond motifs is 1. The van der Waals surface area contributed by atoms with E-state index < -0.39 is 11.2 Å². The fraction of sp³-hybridized carbons (Fsp3) is 0.353. The first kappa shape index (κ1) is 16.0. The first-order chi connectivity index (χ1) is 11.4. The number of benzene rings is 1. The van der Waals surface area contributed by atoms with E-state index in [0.29, 0.717) is 11.5 Å². The molecule has 124 valence electrons. The van der Waals surface area contributed by atoms with E-state index in [1.807, 2.05) is 33.8 Å². The van der Waals surface area contributed by atoms with Gasteiger partial charge in [-0.25, -0.2) is 19.0 Å². The molecule has 0 aliphatic carbocycles. The van der Waals surface area contributed by atoms with E-state index in [0.717, 1.165) is 4.57 Å². The van der Waals surface area contributed by atoms with Crippen molar-refractivity contribution in [3.05, 3.63) is 57.0 Å². The SMILES string of the molecule is CC(C)c1nc2c(=O)n(-c3ccccc3)c(=O)nc-2n(C(C)C)n1. The summed E-state index contributed by atoms with van der Waals surface area (Å²) >= 11 is 0. The summed E-state index contributed by atoms with van der Waals surface area (Å²) in [6.07, 6.45) is 0. The van der Waals surface area contributed by atoms with Crippen LogP contribution in [0.4, 0.5) is 0 Å². The van der Waals surface area contributed by atoms with Crippen molar-refractivity contribution >= 4 is 0 Å². The lowest BCUT2D eigenvalue weighted by molar-refractivity contribution is 0.489. The summed E-state index contributed by atoms with van der Waals surface area (Å²) in [5.74, 6) is 0.820. The Kier molecular flexibility index (Phi) is 4.01. The van der Waals surface area contributed by atoms with Crippen molar-refractivity contribution in [1.82, 2.24) is 24.3 Å². The van der Waals surface area contributed by atoms with Crippen LogP contribution in [-0.2, 0) is 0 Å². The highest BCUT2D eigenvalue weighted by molar-refractivity contribution is 5.50. The van der Waals surface area contributed by atoms with E-state index in [-0.39, 0.29) is 23.5 Å². The number of rotatable bonds is 3. The summed E-state index contributed by atoms with van der Waals surface area (Å²) in [5, 5.41) is 4.44. The monoisotopic (exact) mass is 325 g/mol. The molecule has 24 heavy (non-hydrogen) atoms. The Hall–Kier alpha value is -2.83. The molecule has 2 aliphatic rings. The lowest BCUT2D eigenvalue weighted by Gasteiger charge is -2.18. The molecule has 0 atom stereocenters. The summed E-state index contributed by atoms with van der Waals surface area (Å²) in [7, 11) is 0. The zero-order valence-electron chi connectivity index (χ0n) is 14.1. The van der Waals surface area contributed by atoms with Crippen molar-refractivity contribution in [2.45, 2.75) is 39.7 Å². The molecule has 7 nitrogen and oxygen atoms in total. The maximum Gasteiger partial charge on any atom is 0.357 e. The lowest BCUT2D eigenvalue weighted by Crippen LogP contribution is -2.38. The van der Waals surface area contributed by atoms with E-state index in [9.17, 15) is 9.59 Å². The summed E-state index contributed by atoms with van der Waals surface area (Å²) in [5.41, 5.74) is -0.475. The molecule has 0 aromatic heterocycles. The molecule has 2 aliphatic heterocycles. The van der Waals surface area contributed by atoms with E-state index in [4.69, 9.17) is 0 Å². The highest BCUT2D eigenvalue weighted by Gasteiger charge is 2.23. The Labute approximate surface area is 139 Å². The molecular weight excluding hydrogens is 306 g/mol. The number of hydrogen-bond acceptors (Lipinski definition) is 5. The van der Waals surface area contributed by atoms with Crippen molar-refractivity contribution in [1.29, 1.82) is 0 Å². The maximum atomic E-state index is 12.9. The number of nitrogens with zero attached hydrogens (tertiary/aromatic N) is 5. The average molecular weight is 325 g/mol. The molecule has 0 amide bonds. The number of aromatic nitrogens is 5. The van der Waals surface area contributed by atoms with Crippen LogP contribution in [0.25, 0.3) is 17.2 Å². The van der Waals surface area contributed by atoms with Crippen molar-refractivity contribution in [3.63, 3.8) is 0 Å². The maximum absolute atomic E-state index is 12.9. The van der Waals surface area contributed by atoms with Crippen LogP contribution in [0.5, 0.6) is 0 Å². The van der Waals surface area contributed by atoms with E-state index in [1.165, 1.54) is 0 Å². The largest absolute Gasteiger partial charge is 0.357 e. The van der Waals surface area contributed by atoms with Gasteiger partial charge in [-0.1, -0.05) is 32.0 Å². The van der Waals surface area contributed by atoms with Gasteiger partial charge in [0.25, 0.3) is 5.56 Å². The normalized spacial score (nSPS) is 11.6. The van der Waals surface area contributed by atoms with E-state index in [2.05, 4.69) is 15.1 Å². The second-order valence-electron chi connectivity index (χ2n) is 6.21. The molecule has 0 fully saturated rings. The zero-order valence-corrected chi connectivity index (χ0v) is 14.1. The fourth-order valence-electron chi connectivity index (χ4n) is 2.44. The highest BCUT2D eigenvalue weighted by atomic mass is 16.2. The van der Waals surface area contributed by atoms with Crippen LogP contribution in [0.2, 0.25) is 0 Å². The molecule has 3 rings (SSSR count). The molecule has 0 saturated heterocycles. The number of para-hydroxylation sites is 1. The minimum absolute atomic E-state index is 0.0492. The minimum atomic E-state index is -0.631. The van der Waals surface area contributed by atoms with Gasteiger partial charge in [-0.15, -0.1) is 0 Å². The van der Waals surface area contributed by atoms with Gasteiger partial charge in [0.05, 0.1) is 5.69 Å². The average Bonchev–Trinajstić information content (AvgIpc) is 2.54. The fourth-order valence-corrected chi connectivity index (χ4v) is 2.44. The molecule has 0 radical (unpaired) electrons. The van der Waals surface area contributed by atoms with Crippen molar-refractivity contribution in [2.24, 2.45) is 0 Å². The Bertz CT molecular complexity index is 957. The molecule has 1 aromatic rings. The summed E-state index contributed by atoms with van der Waals surface area (Å²) in [4.78, 5) is 33.8. The third-order valence-electron chi connectivity index (χ3n) is 3.68. The van der Waals surface area contributed by atoms with Crippen LogP contribution in [-0.4, -0.2) is 24.3 Å². The Morgan fingerprint density at radius 3 is 2.21 bits per heavy atom. The molecular formula is C17H19N5O2. The van der Waals surface area contributed by atoms with Crippen LogP contribution in [0.3, 0.4) is 0 Å². The standard InChI is InChI=1S/C17H19N5O2/c1-10(2)14-18-13-15(22(20-14)11(3)4)19-17(24)21(16(13)23)12-8-6-5-7-9-12/h5-11H,1-4H3. The van der Waals surface area contributed by atoms with Crippen LogP contribution < -0.4 is 11.2 Å². The smallest absolute Gasteiger partial charge is 0.266 e. The van der Waals surface area contributed by atoms with Crippen molar-refractivity contribution < 1.29 is 0 Å². The highest BCUT2D eigenvalue weighted by Crippen LogP contribution is 2.19. The van der Waals surface area contributed by atoms with Crippen molar-refractivity contribution in [2.75, 3.05) is 0 Å². The Morgan fingerprint density at radius 1 is 0.958 bits per heavy atom. The Morgan fingerprint density at radius 2 is 1.62 bits per heavy atom. The van der Waals surface area contributed by atoms with Crippen LogP contribution in [0, 0.1) is 0 Å². The van der Waals surface area contributed by atoms with Crippen molar-refractivity contribution in [3.8, 4) is 17.2 Å². The van der Waals surface area contributed by atoms with Gasteiger partial charge in [0.1, 0.15) is 0 Å². The second-order valence-corrected chi connectivity index (χ2v) is 6.21. The summed E-state index contributed by atoms with van der Waals surface area (Å²) in [6.45, 7) is 7.75. The van der Waals surface area contributed by atoms with E-state index in [1.54, 1.807) is 28.9 Å². The first-order valence-corrected chi connectivity index (χ1v) is 7.89. The lowest BCUT2D eigenvalue weighted by atomic mass is 10.2. The quantitative estimate of drug-likeness (QED) is 0.735. The topological polar surface area (TPSA) is 82.7 Å². The molecule has 0 N–H and O–H groups in total. The van der Waals surface area contributed by atoms with Crippen LogP contribution in [0.15, 0.2) is 39.9 Å². The third-order valence-corrected chi connectivity index (χ3v) is 3.68. The van der Waals surface area contributed by atoms with Gasteiger partial charge < -0.3 is 0 Å². The first-order valence-electron chi connectivity index (χ1n) is 7.89. The molecule has 0 saturated carbocycles. The van der Waals surface area contributed by atoms with Gasteiger partial charge >= 0.3 is 5.69 Å². The van der Waals surface area contributed by atoms with Crippen LogP contribution in [0.1, 0.15) is 45.5 Å². The molecule has 7 heteroatoms. The predicted octanol–water partition coefficient (Wildman–Crippen LogP) is 1.99. The van der Waals surface area contributed by atoms with E-state index >= 15 is 0 Å². The summed E-state index contributed by atoms with van der Waals surface area (Å²) < 4.78 is 2.64. The molecule has 0 unspecified atom stereocenters. The van der Waals surface area contributed by atoms with Gasteiger partial charge in [-0.2, -0.15) is 10.1 Å². The van der Waals surface area contributed by atoms with Gasteiger partial charge in [-0.05, 0) is 26.0 Å². The molecule has 0 spiro atoms. The van der Waals surface area contributed by atoms with Gasteiger partial charge in [0, 0.05) is 12.0 Å².